The molecule has 0 radical (unpaired) electrons. The van der Waals surface area contributed by atoms with Gasteiger partial charge in [-0.15, -0.1) is 0 Å². The molecule has 6 heteroatoms. The highest BCUT2D eigenvalue weighted by Gasteiger charge is 2.16. The second-order valence-electron chi connectivity index (χ2n) is 4.75. The van der Waals surface area contributed by atoms with Crippen molar-refractivity contribution in [3.63, 3.8) is 0 Å². The van der Waals surface area contributed by atoms with Crippen LogP contribution in [0.5, 0.6) is 5.75 Å². The van der Waals surface area contributed by atoms with E-state index in [1.807, 2.05) is 0 Å². The van der Waals surface area contributed by atoms with Crippen LogP contribution in [0.15, 0.2) is 42.5 Å². The average Bonchev–Trinajstić information content (AvgIpc) is 2.51. The smallest absolute Gasteiger partial charge is 0.307 e. The number of carbonyl (C=O) groups excluding carboxylic acids is 1. The molecule has 2 rings (SSSR count). The van der Waals surface area contributed by atoms with Gasteiger partial charge in [-0.1, -0.05) is 47.5 Å². The number of phenolic OH excluding ortho intramolecular Hbond substituents is 1. The topological polar surface area (TPSA) is 74.6 Å². The first-order chi connectivity index (χ1) is 10.9. The molecule has 0 bridgehead atoms. The van der Waals surface area contributed by atoms with E-state index in [-0.39, 0.29) is 22.6 Å². The van der Waals surface area contributed by atoms with Crippen molar-refractivity contribution in [2.24, 2.45) is 0 Å². The predicted octanol–water partition coefficient (Wildman–Crippen LogP) is 4.22. The van der Waals surface area contributed by atoms with Crippen LogP contribution in [-0.4, -0.2) is 22.0 Å². The number of halogens is 2. The number of allylic oxidation sites excluding steroid dienone is 1. The molecule has 4 nitrogen and oxygen atoms in total. The summed E-state index contributed by atoms with van der Waals surface area (Å²) >= 11 is 11.7. The number of carbonyl (C=O) groups is 2. The van der Waals surface area contributed by atoms with Gasteiger partial charge in [-0.05, 0) is 35.4 Å². The van der Waals surface area contributed by atoms with E-state index >= 15 is 0 Å². The first kappa shape index (κ1) is 17.1. The number of aromatic hydroxyl groups is 1. The lowest BCUT2D eigenvalue weighted by molar-refractivity contribution is -0.136. The highest BCUT2D eigenvalue weighted by molar-refractivity contribution is 6.34. The van der Waals surface area contributed by atoms with Crippen molar-refractivity contribution < 1.29 is 19.8 Å². The molecule has 0 saturated heterocycles. The summed E-state index contributed by atoms with van der Waals surface area (Å²) in [7, 11) is 0. The zero-order valence-corrected chi connectivity index (χ0v) is 13.3. The van der Waals surface area contributed by atoms with Crippen LogP contribution < -0.4 is 0 Å². The molecule has 0 heterocycles. The number of rotatable bonds is 5. The number of hydrogen-bond donors (Lipinski definition) is 2. The van der Waals surface area contributed by atoms with E-state index in [1.54, 1.807) is 30.3 Å². The van der Waals surface area contributed by atoms with E-state index in [0.29, 0.717) is 5.02 Å². The van der Waals surface area contributed by atoms with E-state index < -0.39 is 17.5 Å². The monoisotopic (exact) mass is 350 g/mol. The Bertz CT molecular complexity index is 780. The van der Waals surface area contributed by atoms with Gasteiger partial charge in [-0.25, -0.2) is 0 Å². The van der Waals surface area contributed by atoms with E-state index in [1.165, 1.54) is 18.2 Å². The Kier molecular flexibility index (Phi) is 5.42. The van der Waals surface area contributed by atoms with Gasteiger partial charge in [-0.2, -0.15) is 0 Å². The lowest BCUT2D eigenvalue weighted by atomic mass is 10.0. The average molecular weight is 351 g/mol. The molecule has 0 aromatic heterocycles. The summed E-state index contributed by atoms with van der Waals surface area (Å²) in [5.74, 6) is -1.94. The first-order valence-corrected chi connectivity index (χ1v) is 7.34. The lowest BCUT2D eigenvalue weighted by Crippen LogP contribution is -2.03. The number of aliphatic carboxylic acids is 1. The van der Waals surface area contributed by atoms with E-state index in [0.717, 1.165) is 5.56 Å². The van der Waals surface area contributed by atoms with Crippen molar-refractivity contribution in [1.29, 1.82) is 0 Å². The molecule has 0 atom stereocenters. The summed E-state index contributed by atoms with van der Waals surface area (Å²) in [6, 6.07) is 9.65. The van der Waals surface area contributed by atoms with Crippen LogP contribution in [0.2, 0.25) is 10.0 Å². The van der Waals surface area contributed by atoms with Crippen molar-refractivity contribution in [2.75, 3.05) is 0 Å². The molecule has 0 aliphatic rings. The fraction of sp³-hybridized carbons (Fsp3) is 0.0588. The molecular formula is C17H12Cl2O4. The summed E-state index contributed by atoms with van der Waals surface area (Å²) < 4.78 is 0. The molecule has 118 valence electrons. The molecule has 23 heavy (non-hydrogen) atoms. The third-order valence-electron chi connectivity index (χ3n) is 3.10. The minimum atomic E-state index is -1.08. The highest BCUT2D eigenvalue weighted by atomic mass is 35.5. The third-order valence-corrected chi connectivity index (χ3v) is 3.77. The summed E-state index contributed by atoms with van der Waals surface area (Å²) in [6.45, 7) is 0. The molecule has 0 aliphatic carbocycles. The van der Waals surface area contributed by atoms with Gasteiger partial charge < -0.3 is 10.2 Å². The summed E-state index contributed by atoms with van der Waals surface area (Å²) in [5, 5.41) is 19.2. The Balaban J connectivity index is 2.24. The standard InChI is InChI=1S/C17H12Cl2O4/c18-12-5-1-10(2-6-12)3-8-14(20)13-7-4-11(9-15(21)22)16(19)17(13)23/h1-8,23H,9H2,(H,21,22)/b8-3+. The van der Waals surface area contributed by atoms with Crippen LogP contribution >= 0.6 is 23.2 Å². The van der Waals surface area contributed by atoms with Gasteiger partial charge in [0.25, 0.3) is 0 Å². The quantitative estimate of drug-likeness (QED) is 0.625. The molecule has 0 aliphatic heterocycles. The Morgan fingerprint density at radius 3 is 2.30 bits per heavy atom. The van der Waals surface area contributed by atoms with Gasteiger partial charge in [0.2, 0.25) is 0 Å². The maximum Gasteiger partial charge on any atom is 0.307 e. The molecule has 2 aromatic carbocycles. The number of carboxylic acid groups (broad SMARTS) is 1. The van der Waals surface area contributed by atoms with Crippen LogP contribution in [0.3, 0.4) is 0 Å². The van der Waals surface area contributed by atoms with Crippen LogP contribution in [0.1, 0.15) is 21.5 Å². The van der Waals surface area contributed by atoms with Crippen LogP contribution in [-0.2, 0) is 11.2 Å². The maximum absolute atomic E-state index is 12.1. The van der Waals surface area contributed by atoms with Gasteiger partial charge in [0.15, 0.2) is 5.78 Å². The normalized spacial score (nSPS) is 10.9. The van der Waals surface area contributed by atoms with Crippen molar-refractivity contribution >= 4 is 41.0 Å². The summed E-state index contributed by atoms with van der Waals surface area (Å²) in [5.41, 5.74) is 1.03. The maximum atomic E-state index is 12.1. The second-order valence-corrected chi connectivity index (χ2v) is 5.57. The largest absolute Gasteiger partial charge is 0.506 e. The van der Waals surface area contributed by atoms with Gasteiger partial charge in [0.1, 0.15) is 5.75 Å². The van der Waals surface area contributed by atoms with Crippen molar-refractivity contribution in [3.8, 4) is 5.75 Å². The molecular weight excluding hydrogens is 339 g/mol. The summed E-state index contributed by atoms with van der Waals surface area (Å²) in [4.78, 5) is 22.9. The molecule has 0 spiro atoms. The number of carboxylic acids is 1. The lowest BCUT2D eigenvalue weighted by Gasteiger charge is -2.07. The minimum Gasteiger partial charge on any atom is -0.506 e. The molecule has 0 fully saturated rings. The minimum absolute atomic E-state index is 0.00866. The number of hydrogen-bond acceptors (Lipinski definition) is 3. The fourth-order valence-corrected chi connectivity index (χ4v) is 2.30. The number of phenols is 1. The molecule has 2 aromatic rings. The predicted molar refractivity (Wildman–Crippen MR) is 89.3 cm³/mol. The van der Waals surface area contributed by atoms with Crippen molar-refractivity contribution in [1.82, 2.24) is 0 Å². The molecule has 0 unspecified atom stereocenters. The van der Waals surface area contributed by atoms with Gasteiger partial charge in [-0.3, -0.25) is 9.59 Å². The van der Waals surface area contributed by atoms with Gasteiger partial charge >= 0.3 is 5.97 Å². The van der Waals surface area contributed by atoms with Gasteiger partial charge in [0, 0.05) is 5.02 Å². The zero-order chi connectivity index (χ0) is 17.0. The third kappa shape index (κ3) is 4.34. The van der Waals surface area contributed by atoms with Crippen LogP contribution in [0.25, 0.3) is 6.08 Å². The molecule has 0 amide bonds. The summed E-state index contributed by atoms with van der Waals surface area (Å²) in [6.07, 6.45) is 2.55. The number of benzene rings is 2. The van der Waals surface area contributed by atoms with E-state index in [4.69, 9.17) is 28.3 Å². The zero-order valence-electron chi connectivity index (χ0n) is 11.8. The Morgan fingerprint density at radius 1 is 1.04 bits per heavy atom. The van der Waals surface area contributed by atoms with Crippen LogP contribution in [0.4, 0.5) is 0 Å². The van der Waals surface area contributed by atoms with Crippen molar-refractivity contribution in [2.45, 2.75) is 6.42 Å². The van der Waals surface area contributed by atoms with Crippen LogP contribution in [0, 0.1) is 0 Å². The number of ketones is 1. The van der Waals surface area contributed by atoms with Crippen molar-refractivity contribution in [3.05, 3.63) is 69.2 Å². The Labute approximate surface area is 142 Å². The fourth-order valence-electron chi connectivity index (χ4n) is 1.94. The van der Waals surface area contributed by atoms with E-state index in [2.05, 4.69) is 0 Å². The molecule has 0 saturated carbocycles. The Hall–Kier alpha value is -2.30. The second kappa shape index (κ2) is 7.31. The Morgan fingerprint density at radius 2 is 1.70 bits per heavy atom. The van der Waals surface area contributed by atoms with Gasteiger partial charge in [0.05, 0.1) is 17.0 Å². The van der Waals surface area contributed by atoms with E-state index in [9.17, 15) is 14.7 Å². The molecule has 2 N–H and O–H groups in total. The highest BCUT2D eigenvalue weighted by Crippen LogP contribution is 2.32. The first-order valence-electron chi connectivity index (χ1n) is 6.58. The SMILES string of the molecule is O=C(O)Cc1ccc(C(=O)/C=C/c2ccc(Cl)cc2)c(O)c1Cl.